The zero-order valence-electron chi connectivity index (χ0n) is 22.8. The highest BCUT2D eigenvalue weighted by molar-refractivity contribution is 8.01. The van der Waals surface area contributed by atoms with Crippen molar-refractivity contribution in [3.05, 3.63) is 76.8 Å². The molecule has 2 amide bonds. The van der Waals surface area contributed by atoms with Crippen LogP contribution in [0.5, 0.6) is 5.75 Å². The number of anilines is 3. The van der Waals surface area contributed by atoms with Crippen LogP contribution in [-0.4, -0.2) is 40.7 Å². The number of carbonyl (C=O) groups excluding carboxylic acids is 3. The van der Waals surface area contributed by atoms with E-state index in [1.54, 1.807) is 42.3 Å². The predicted octanol–water partition coefficient (Wildman–Crippen LogP) is 4.54. The molecule has 0 bridgehead atoms. The lowest BCUT2D eigenvalue weighted by Gasteiger charge is -2.38. The van der Waals surface area contributed by atoms with Crippen molar-refractivity contribution >= 4 is 57.2 Å². The van der Waals surface area contributed by atoms with Crippen molar-refractivity contribution < 1.29 is 19.1 Å². The van der Waals surface area contributed by atoms with Gasteiger partial charge in [0.05, 0.1) is 30.4 Å². The fraction of sp³-hybridized carbons (Fsp3) is 0.241. The molecule has 214 valence electrons. The number of thioether (sulfide) groups is 1. The van der Waals surface area contributed by atoms with Crippen LogP contribution in [0.25, 0.3) is 0 Å². The second-order valence-electron chi connectivity index (χ2n) is 9.50. The Balaban J connectivity index is 1.37. The maximum Gasteiger partial charge on any atom is 0.234 e. The number of allylic oxidation sites excluding steroid dienone is 3. The van der Waals surface area contributed by atoms with Gasteiger partial charge in [-0.2, -0.15) is 5.26 Å². The number of aromatic nitrogens is 2. The first-order chi connectivity index (χ1) is 20.3. The number of amides is 2. The molecule has 13 heteroatoms. The molecule has 2 aromatic carbocycles. The highest BCUT2D eigenvalue weighted by Gasteiger charge is 2.42. The number of nitrogens with two attached hydrogens (primary N) is 1. The number of methoxy groups -OCH3 is 1. The van der Waals surface area contributed by atoms with Crippen molar-refractivity contribution in [2.24, 2.45) is 5.73 Å². The number of nitrogens with one attached hydrogen (secondary N) is 2. The van der Waals surface area contributed by atoms with E-state index in [9.17, 15) is 19.6 Å². The molecule has 2 heterocycles. The van der Waals surface area contributed by atoms with Crippen molar-refractivity contribution in [3.63, 3.8) is 0 Å². The minimum atomic E-state index is -0.650. The highest BCUT2D eigenvalue weighted by atomic mass is 32.2. The van der Waals surface area contributed by atoms with Gasteiger partial charge in [0.15, 0.2) is 10.1 Å². The summed E-state index contributed by atoms with van der Waals surface area (Å²) in [5.41, 5.74) is 10.0. The Morgan fingerprint density at radius 3 is 2.55 bits per heavy atom. The number of Topliss-reactive ketones (excluding diaryl/α,β-unsaturated/α-hetero) is 1. The van der Waals surface area contributed by atoms with Crippen molar-refractivity contribution in [1.29, 1.82) is 5.26 Å². The lowest BCUT2D eigenvalue weighted by molar-refractivity contribution is -0.116. The maximum absolute atomic E-state index is 13.4. The first-order valence-corrected chi connectivity index (χ1v) is 14.8. The average Bonchev–Trinajstić information content (AvgIpc) is 3.45. The Labute approximate surface area is 250 Å². The standard InChI is InChI=1S/C29H27N7O4S2/c1-16(37)32-17-10-12-18(13-11-17)33-24(39)15-41-29-35-34-28(42-29)36-21-7-5-8-22(38)26(21)25(20(14-30)27(36)31)19-6-3-4-9-23(19)40-2/h3-4,6,9-13,25H,5,7-8,15,31H2,1-2H3,(H,32,37)(H,33,39). The molecule has 42 heavy (non-hydrogen) atoms. The van der Waals surface area contributed by atoms with E-state index in [4.69, 9.17) is 10.5 Å². The number of rotatable bonds is 8. The Morgan fingerprint density at radius 2 is 1.86 bits per heavy atom. The summed E-state index contributed by atoms with van der Waals surface area (Å²) in [7, 11) is 1.55. The van der Waals surface area contributed by atoms with Crippen LogP contribution in [0, 0.1) is 11.3 Å². The number of para-hydroxylation sites is 1. The summed E-state index contributed by atoms with van der Waals surface area (Å²) in [6.07, 6.45) is 1.60. The SMILES string of the molecule is COc1ccccc1C1C(C#N)=C(N)N(c2nnc(SCC(=O)Nc3ccc(NC(C)=O)cc3)s2)C2=C1C(=O)CCC2. The van der Waals surface area contributed by atoms with Gasteiger partial charge in [-0.25, -0.2) is 0 Å². The van der Waals surface area contributed by atoms with E-state index < -0.39 is 5.92 Å². The van der Waals surface area contributed by atoms with Crippen LogP contribution in [-0.2, 0) is 14.4 Å². The maximum atomic E-state index is 13.4. The number of benzene rings is 2. The average molecular weight is 602 g/mol. The number of hydrogen-bond donors (Lipinski definition) is 3. The fourth-order valence-corrected chi connectivity index (χ4v) is 6.72. The zero-order chi connectivity index (χ0) is 29.8. The third kappa shape index (κ3) is 5.86. The molecule has 0 spiro atoms. The van der Waals surface area contributed by atoms with Gasteiger partial charge in [0, 0.05) is 41.6 Å². The Hall–Kier alpha value is -4.67. The summed E-state index contributed by atoms with van der Waals surface area (Å²) in [6, 6.07) is 16.4. The summed E-state index contributed by atoms with van der Waals surface area (Å²) >= 11 is 2.44. The van der Waals surface area contributed by atoms with Crippen molar-refractivity contribution in [2.45, 2.75) is 36.4 Å². The van der Waals surface area contributed by atoms with E-state index in [0.29, 0.717) is 62.7 Å². The van der Waals surface area contributed by atoms with Crippen LogP contribution in [0.2, 0.25) is 0 Å². The lowest BCUT2D eigenvalue weighted by atomic mass is 9.75. The van der Waals surface area contributed by atoms with E-state index in [-0.39, 0.29) is 34.7 Å². The molecule has 3 aromatic rings. The van der Waals surface area contributed by atoms with Crippen molar-refractivity contribution in [2.75, 3.05) is 28.4 Å². The lowest BCUT2D eigenvalue weighted by Crippen LogP contribution is -2.38. The summed E-state index contributed by atoms with van der Waals surface area (Å²) in [6.45, 7) is 1.42. The van der Waals surface area contributed by atoms with E-state index in [1.807, 2.05) is 18.2 Å². The molecule has 2 aliphatic rings. The molecule has 0 saturated carbocycles. The van der Waals surface area contributed by atoms with Gasteiger partial charge in [0.2, 0.25) is 16.9 Å². The highest BCUT2D eigenvalue weighted by Crippen LogP contribution is 2.48. The Kier molecular flexibility index (Phi) is 8.56. The van der Waals surface area contributed by atoms with Crippen LogP contribution >= 0.6 is 23.1 Å². The van der Waals surface area contributed by atoms with Gasteiger partial charge in [0.1, 0.15) is 11.6 Å². The van der Waals surface area contributed by atoms with Crippen LogP contribution < -0.4 is 26.0 Å². The molecule has 1 atom stereocenters. The molecular weight excluding hydrogens is 574 g/mol. The largest absolute Gasteiger partial charge is 0.496 e. The van der Waals surface area contributed by atoms with Gasteiger partial charge in [-0.15, -0.1) is 10.2 Å². The van der Waals surface area contributed by atoms with Crippen LogP contribution in [0.1, 0.15) is 37.7 Å². The number of ketones is 1. The van der Waals surface area contributed by atoms with Gasteiger partial charge < -0.3 is 21.1 Å². The second kappa shape index (κ2) is 12.5. The molecule has 1 unspecified atom stereocenters. The van der Waals surface area contributed by atoms with E-state index in [2.05, 4.69) is 26.9 Å². The summed E-state index contributed by atoms with van der Waals surface area (Å²) in [5, 5.41) is 24.7. The molecular formula is C29H27N7O4S2. The van der Waals surface area contributed by atoms with E-state index in [0.717, 1.165) is 0 Å². The molecule has 0 fully saturated rings. The summed E-state index contributed by atoms with van der Waals surface area (Å²) in [4.78, 5) is 38.8. The third-order valence-corrected chi connectivity index (χ3v) is 8.81. The minimum Gasteiger partial charge on any atom is -0.496 e. The topological polar surface area (TPSA) is 163 Å². The summed E-state index contributed by atoms with van der Waals surface area (Å²) < 4.78 is 6.10. The minimum absolute atomic E-state index is 0.0432. The number of ether oxygens (including phenoxy) is 1. The molecule has 4 N–H and O–H groups in total. The van der Waals surface area contributed by atoms with Crippen LogP contribution in [0.4, 0.5) is 16.5 Å². The molecule has 11 nitrogen and oxygen atoms in total. The molecule has 0 radical (unpaired) electrons. The second-order valence-corrected chi connectivity index (χ2v) is 11.7. The molecule has 1 aliphatic heterocycles. The van der Waals surface area contributed by atoms with Gasteiger partial charge in [0.25, 0.3) is 0 Å². The smallest absolute Gasteiger partial charge is 0.234 e. The quantitative estimate of drug-likeness (QED) is 0.312. The van der Waals surface area contributed by atoms with Crippen molar-refractivity contribution in [3.8, 4) is 11.8 Å². The number of hydrogen-bond acceptors (Lipinski definition) is 11. The fourth-order valence-electron chi connectivity index (χ4n) is 5.04. The third-order valence-electron chi connectivity index (χ3n) is 6.77. The van der Waals surface area contributed by atoms with Crippen LogP contribution in [0.3, 0.4) is 0 Å². The van der Waals surface area contributed by atoms with Gasteiger partial charge in [-0.05, 0) is 43.2 Å². The van der Waals surface area contributed by atoms with E-state index in [1.165, 1.54) is 30.0 Å². The van der Waals surface area contributed by atoms with Crippen LogP contribution in [0.15, 0.2) is 75.5 Å². The normalized spacial score (nSPS) is 16.5. The van der Waals surface area contributed by atoms with Gasteiger partial charge >= 0.3 is 0 Å². The first kappa shape index (κ1) is 28.8. The Bertz CT molecular complexity index is 1660. The molecule has 0 saturated heterocycles. The Morgan fingerprint density at radius 1 is 1.14 bits per heavy atom. The number of nitrogens with zero attached hydrogens (tertiary/aromatic N) is 4. The molecule has 1 aromatic heterocycles. The van der Waals surface area contributed by atoms with Gasteiger partial charge in [-0.1, -0.05) is 41.3 Å². The summed E-state index contributed by atoms with van der Waals surface area (Å²) in [5.74, 6) is -0.270. The monoisotopic (exact) mass is 601 g/mol. The zero-order valence-corrected chi connectivity index (χ0v) is 24.5. The van der Waals surface area contributed by atoms with Gasteiger partial charge in [-0.3, -0.25) is 19.3 Å². The molecule has 1 aliphatic carbocycles. The number of carbonyl (C=O) groups is 3. The number of nitriles is 1. The van der Waals surface area contributed by atoms with Crippen molar-refractivity contribution in [1.82, 2.24) is 10.2 Å². The molecule has 5 rings (SSSR count). The van der Waals surface area contributed by atoms with E-state index >= 15 is 0 Å². The predicted molar refractivity (Wildman–Crippen MR) is 161 cm³/mol. The first-order valence-electron chi connectivity index (χ1n) is 13.0.